The molecule has 0 aliphatic rings. The Labute approximate surface area is 100 Å². The second kappa shape index (κ2) is 5.34. The number of thiazole rings is 1. The molecule has 0 radical (unpaired) electrons. The van der Waals surface area contributed by atoms with Gasteiger partial charge in [0.1, 0.15) is 0 Å². The summed E-state index contributed by atoms with van der Waals surface area (Å²) in [4.78, 5) is 15.2. The van der Waals surface area contributed by atoms with Gasteiger partial charge in [-0.3, -0.25) is 4.79 Å². The van der Waals surface area contributed by atoms with Crippen LogP contribution in [0.3, 0.4) is 0 Å². The average Bonchev–Trinajstić information content (AvgIpc) is 2.97. The van der Waals surface area contributed by atoms with Crippen LogP contribution in [0.1, 0.15) is 11.5 Å². The van der Waals surface area contributed by atoms with Gasteiger partial charge in [-0.25, -0.2) is 4.98 Å². The van der Waals surface area contributed by atoms with E-state index in [1.807, 2.05) is 0 Å². The van der Waals surface area contributed by atoms with Crippen molar-refractivity contribution in [1.82, 2.24) is 25.6 Å². The molecule has 90 valence electrons. The molecule has 2 heterocycles. The van der Waals surface area contributed by atoms with Crippen molar-refractivity contribution in [3.63, 3.8) is 0 Å². The Morgan fingerprint density at radius 3 is 3.24 bits per heavy atom. The van der Waals surface area contributed by atoms with E-state index in [9.17, 15) is 4.79 Å². The van der Waals surface area contributed by atoms with Gasteiger partial charge < -0.3 is 10.1 Å². The number of aromatic amines is 1. The van der Waals surface area contributed by atoms with Gasteiger partial charge in [0.05, 0.1) is 25.8 Å². The number of carbonyl (C=O) groups excluding carboxylic acids is 1. The van der Waals surface area contributed by atoms with Crippen molar-refractivity contribution in [2.75, 3.05) is 12.4 Å². The highest BCUT2D eigenvalue weighted by molar-refractivity contribution is 7.13. The summed E-state index contributed by atoms with van der Waals surface area (Å²) in [6.45, 7) is 0.432. The third-order valence-electron chi connectivity index (χ3n) is 1.89. The van der Waals surface area contributed by atoms with E-state index in [4.69, 9.17) is 0 Å². The van der Waals surface area contributed by atoms with E-state index >= 15 is 0 Å². The zero-order valence-electron chi connectivity index (χ0n) is 9.01. The molecule has 0 aliphatic heterocycles. The topological polar surface area (TPSA) is 106 Å². The van der Waals surface area contributed by atoms with Crippen molar-refractivity contribution in [2.45, 2.75) is 13.0 Å². The number of methoxy groups -OCH3 is 1. The quantitative estimate of drug-likeness (QED) is 0.722. The lowest BCUT2D eigenvalue weighted by Crippen LogP contribution is -2.05. The predicted molar refractivity (Wildman–Crippen MR) is 59.3 cm³/mol. The van der Waals surface area contributed by atoms with Crippen LogP contribution in [0.25, 0.3) is 0 Å². The van der Waals surface area contributed by atoms with Crippen LogP contribution >= 0.6 is 11.3 Å². The van der Waals surface area contributed by atoms with E-state index < -0.39 is 0 Å². The Morgan fingerprint density at radius 1 is 1.65 bits per heavy atom. The van der Waals surface area contributed by atoms with E-state index in [0.29, 0.717) is 23.2 Å². The lowest BCUT2D eigenvalue weighted by atomic mass is 10.3. The molecular weight excluding hydrogens is 244 g/mol. The maximum atomic E-state index is 11.0. The average molecular weight is 254 g/mol. The summed E-state index contributed by atoms with van der Waals surface area (Å²) < 4.78 is 4.56. The van der Waals surface area contributed by atoms with Crippen LogP contribution < -0.4 is 5.32 Å². The van der Waals surface area contributed by atoms with Crippen molar-refractivity contribution >= 4 is 22.4 Å². The normalized spacial score (nSPS) is 10.2. The number of hydrogen-bond donors (Lipinski definition) is 2. The van der Waals surface area contributed by atoms with Gasteiger partial charge in [0.25, 0.3) is 0 Å². The van der Waals surface area contributed by atoms with Crippen LogP contribution in [0.2, 0.25) is 0 Å². The predicted octanol–water partition coefficient (Wildman–Crippen LogP) is -0.0162. The molecule has 0 unspecified atom stereocenters. The molecule has 0 saturated carbocycles. The number of hydrogen-bond acceptors (Lipinski definition) is 8. The summed E-state index contributed by atoms with van der Waals surface area (Å²) in [5.41, 5.74) is 0.678. The van der Waals surface area contributed by atoms with E-state index in [-0.39, 0.29) is 12.4 Å². The molecule has 2 rings (SSSR count). The summed E-state index contributed by atoms with van der Waals surface area (Å²) in [6.07, 6.45) is 0.177. The van der Waals surface area contributed by atoms with E-state index in [0.717, 1.165) is 0 Å². The molecule has 0 bridgehead atoms. The first-order valence-corrected chi connectivity index (χ1v) is 5.63. The van der Waals surface area contributed by atoms with Gasteiger partial charge in [0.2, 0.25) is 0 Å². The zero-order valence-corrected chi connectivity index (χ0v) is 9.82. The van der Waals surface area contributed by atoms with Crippen LogP contribution in [0.4, 0.5) is 5.13 Å². The van der Waals surface area contributed by atoms with Crippen molar-refractivity contribution < 1.29 is 9.53 Å². The highest BCUT2D eigenvalue weighted by Gasteiger charge is 2.07. The fourth-order valence-corrected chi connectivity index (χ4v) is 1.81. The number of nitrogens with zero attached hydrogens (tertiary/aromatic N) is 4. The summed E-state index contributed by atoms with van der Waals surface area (Å²) in [5, 5.41) is 18.9. The molecule has 0 fully saturated rings. The summed E-state index contributed by atoms with van der Waals surface area (Å²) in [6, 6.07) is 0. The molecule has 17 heavy (non-hydrogen) atoms. The fourth-order valence-electron chi connectivity index (χ4n) is 1.10. The molecule has 2 N–H and O–H groups in total. The van der Waals surface area contributed by atoms with Crippen molar-refractivity contribution in [3.05, 3.63) is 16.9 Å². The van der Waals surface area contributed by atoms with E-state index in [1.54, 1.807) is 5.38 Å². The summed E-state index contributed by atoms with van der Waals surface area (Å²) >= 11 is 1.41. The van der Waals surface area contributed by atoms with Gasteiger partial charge in [-0.15, -0.1) is 21.5 Å². The van der Waals surface area contributed by atoms with Crippen LogP contribution in [-0.2, 0) is 22.5 Å². The highest BCUT2D eigenvalue weighted by Crippen LogP contribution is 2.16. The minimum absolute atomic E-state index is 0.177. The molecular formula is C8H10N6O2S. The maximum Gasteiger partial charge on any atom is 0.311 e. The number of ether oxygens (including phenoxy) is 1. The van der Waals surface area contributed by atoms with Crippen LogP contribution in [-0.4, -0.2) is 38.7 Å². The number of anilines is 1. The summed E-state index contributed by atoms with van der Waals surface area (Å²) in [7, 11) is 1.35. The molecule has 0 amide bonds. The molecule has 0 saturated heterocycles. The number of carbonyl (C=O) groups is 1. The van der Waals surface area contributed by atoms with Gasteiger partial charge in [0, 0.05) is 5.38 Å². The SMILES string of the molecule is COC(=O)Cc1csc(NCc2nn[nH]n2)n1. The van der Waals surface area contributed by atoms with E-state index in [2.05, 4.69) is 35.7 Å². The largest absolute Gasteiger partial charge is 0.469 e. The monoisotopic (exact) mass is 254 g/mol. The molecule has 0 aromatic carbocycles. The van der Waals surface area contributed by atoms with Gasteiger partial charge in [-0.1, -0.05) is 5.21 Å². The van der Waals surface area contributed by atoms with Crippen molar-refractivity contribution in [3.8, 4) is 0 Å². The van der Waals surface area contributed by atoms with Crippen LogP contribution in [0.15, 0.2) is 5.38 Å². The van der Waals surface area contributed by atoms with Gasteiger partial charge in [-0.2, -0.15) is 5.21 Å². The smallest absolute Gasteiger partial charge is 0.311 e. The third kappa shape index (κ3) is 3.21. The Morgan fingerprint density at radius 2 is 2.53 bits per heavy atom. The highest BCUT2D eigenvalue weighted by atomic mass is 32.1. The summed E-state index contributed by atoms with van der Waals surface area (Å²) in [5.74, 6) is 0.245. The first-order valence-electron chi connectivity index (χ1n) is 4.75. The number of nitrogens with one attached hydrogen (secondary N) is 2. The Bertz CT molecular complexity index is 482. The number of aromatic nitrogens is 5. The lowest BCUT2D eigenvalue weighted by molar-refractivity contribution is -0.139. The Hall–Kier alpha value is -2.03. The number of rotatable bonds is 5. The zero-order chi connectivity index (χ0) is 12.1. The molecule has 2 aromatic rings. The Balaban J connectivity index is 1.88. The molecule has 2 aromatic heterocycles. The number of H-pyrrole nitrogens is 1. The third-order valence-corrected chi connectivity index (χ3v) is 2.74. The Kier molecular flexibility index (Phi) is 3.60. The molecule has 0 aliphatic carbocycles. The maximum absolute atomic E-state index is 11.0. The standard InChI is InChI=1S/C8H10N6O2S/c1-16-7(15)2-5-4-17-8(10-5)9-3-6-11-13-14-12-6/h4H,2-3H2,1H3,(H,9,10)(H,11,12,13,14). The van der Waals surface area contributed by atoms with Crippen LogP contribution in [0, 0.1) is 0 Å². The first-order chi connectivity index (χ1) is 8.28. The van der Waals surface area contributed by atoms with Crippen molar-refractivity contribution in [2.24, 2.45) is 0 Å². The molecule has 9 heteroatoms. The van der Waals surface area contributed by atoms with Gasteiger partial charge in [0.15, 0.2) is 11.0 Å². The second-order valence-electron chi connectivity index (χ2n) is 3.08. The van der Waals surface area contributed by atoms with Gasteiger partial charge in [-0.05, 0) is 0 Å². The molecule has 0 spiro atoms. The lowest BCUT2D eigenvalue weighted by Gasteiger charge is -1.97. The number of esters is 1. The fraction of sp³-hybridized carbons (Fsp3) is 0.375. The first kappa shape index (κ1) is 11.5. The second-order valence-corrected chi connectivity index (χ2v) is 3.94. The molecule has 8 nitrogen and oxygen atoms in total. The van der Waals surface area contributed by atoms with Gasteiger partial charge >= 0.3 is 5.97 Å². The van der Waals surface area contributed by atoms with Crippen LogP contribution in [0.5, 0.6) is 0 Å². The minimum atomic E-state index is -0.306. The van der Waals surface area contributed by atoms with Crippen molar-refractivity contribution in [1.29, 1.82) is 0 Å². The molecule has 0 atom stereocenters. The number of tetrazole rings is 1. The minimum Gasteiger partial charge on any atom is -0.469 e. The van der Waals surface area contributed by atoms with E-state index in [1.165, 1.54) is 18.4 Å².